The molecule has 0 radical (unpaired) electrons. The maximum atomic E-state index is 5.37. The van der Waals surface area contributed by atoms with Crippen LogP contribution in [-0.2, 0) is 11.2 Å². The van der Waals surface area contributed by atoms with Gasteiger partial charge in [0.2, 0.25) is 0 Å². The van der Waals surface area contributed by atoms with Crippen LogP contribution in [0.3, 0.4) is 0 Å². The number of rotatable bonds is 5. The van der Waals surface area contributed by atoms with Crippen LogP contribution in [-0.4, -0.2) is 42.8 Å². The molecule has 5 heteroatoms. The van der Waals surface area contributed by atoms with Gasteiger partial charge in [-0.15, -0.1) is 0 Å². The number of nitrogens with one attached hydrogen (secondary N) is 1. The second-order valence-electron chi connectivity index (χ2n) is 5.53. The molecule has 1 aliphatic rings. The molecule has 2 aromatic rings. The molecule has 22 heavy (non-hydrogen) atoms. The molecule has 1 aromatic heterocycles. The first-order chi connectivity index (χ1) is 10.8. The number of benzene rings is 1. The van der Waals surface area contributed by atoms with Crippen molar-refractivity contribution in [3.05, 3.63) is 47.8 Å². The molecule has 1 saturated heterocycles. The largest absolute Gasteiger partial charge is 0.378 e. The molecule has 0 unspecified atom stereocenters. The third-order valence-electron chi connectivity index (χ3n) is 3.79. The van der Waals surface area contributed by atoms with Crippen molar-refractivity contribution in [2.45, 2.75) is 13.3 Å². The molecule has 116 valence electrons. The molecule has 0 spiro atoms. The summed E-state index contributed by atoms with van der Waals surface area (Å²) in [5.41, 5.74) is 2.64. The average Bonchev–Trinajstić information content (AvgIpc) is 2.56. The normalized spacial score (nSPS) is 14.9. The van der Waals surface area contributed by atoms with Crippen LogP contribution >= 0.6 is 0 Å². The summed E-state index contributed by atoms with van der Waals surface area (Å²) < 4.78 is 5.37. The van der Waals surface area contributed by atoms with Gasteiger partial charge >= 0.3 is 0 Å². The molecular formula is C17H22N4O. The summed E-state index contributed by atoms with van der Waals surface area (Å²) in [5, 5.41) is 3.38. The van der Waals surface area contributed by atoms with Crippen LogP contribution in [0.2, 0.25) is 0 Å². The van der Waals surface area contributed by atoms with E-state index in [0.717, 1.165) is 50.9 Å². The highest BCUT2D eigenvalue weighted by molar-refractivity contribution is 5.48. The van der Waals surface area contributed by atoms with Gasteiger partial charge in [0.1, 0.15) is 18.0 Å². The van der Waals surface area contributed by atoms with Gasteiger partial charge in [0.25, 0.3) is 0 Å². The van der Waals surface area contributed by atoms with Crippen molar-refractivity contribution in [1.29, 1.82) is 0 Å². The molecule has 0 atom stereocenters. The number of nitrogens with zero attached hydrogens (tertiary/aromatic N) is 3. The average molecular weight is 298 g/mol. The Bertz CT molecular complexity index is 611. The predicted molar refractivity (Wildman–Crippen MR) is 88.4 cm³/mol. The van der Waals surface area contributed by atoms with Gasteiger partial charge in [0.05, 0.1) is 13.2 Å². The predicted octanol–water partition coefficient (Wildman–Crippen LogP) is 2.28. The minimum Gasteiger partial charge on any atom is -0.378 e. The zero-order valence-corrected chi connectivity index (χ0v) is 13.0. The number of hydrogen-bond acceptors (Lipinski definition) is 5. The number of morpholine rings is 1. The van der Waals surface area contributed by atoms with E-state index in [1.807, 2.05) is 6.07 Å². The van der Waals surface area contributed by atoms with Crippen molar-refractivity contribution in [2.24, 2.45) is 0 Å². The first kappa shape index (κ1) is 14.8. The molecule has 0 saturated carbocycles. The van der Waals surface area contributed by atoms with Gasteiger partial charge in [-0.05, 0) is 18.9 Å². The molecule has 5 nitrogen and oxygen atoms in total. The SMILES string of the molecule is Cc1cccc(CCNc2cc(N3CCOCC3)ncn2)c1. The molecule has 1 aliphatic heterocycles. The standard InChI is InChI=1S/C17H22N4O/c1-14-3-2-4-15(11-14)5-6-18-16-12-17(20-13-19-16)21-7-9-22-10-8-21/h2-4,11-13H,5-10H2,1H3,(H,18,19,20). The van der Waals surface area contributed by atoms with E-state index < -0.39 is 0 Å². The van der Waals surface area contributed by atoms with E-state index >= 15 is 0 Å². The Balaban J connectivity index is 1.56. The number of aromatic nitrogens is 2. The Morgan fingerprint density at radius 2 is 2.05 bits per heavy atom. The Morgan fingerprint density at radius 1 is 1.18 bits per heavy atom. The Morgan fingerprint density at radius 3 is 2.86 bits per heavy atom. The van der Waals surface area contributed by atoms with Gasteiger partial charge in [-0.1, -0.05) is 29.8 Å². The second kappa shape index (κ2) is 7.22. The minimum atomic E-state index is 0.764. The van der Waals surface area contributed by atoms with Crippen LogP contribution in [0.1, 0.15) is 11.1 Å². The molecule has 0 amide bonds. The summed E-state index contributed by atoms with van der Waals surface area (Å²) in [7, 11) is 0. The van der Waals surface area contributed by atoms with E-state index in [0.29, 0.717) is 0 Å². The highest BCUT2D eigenvalue weighted by Gasteiger charge is 2.12. The van der Waals surface area contributed by atoms with E-state index in [4.69, 9.17) is 4.74 Å². The number of hydrogen-bond donors (Lipinski definition) is 1. The van der Waals surface area contributed by atoms with E-state index in [-0.39, 0.29) is 0 Å². The zero-order chi connectivity index (χ0) is 15.2. The zero-order valence-electron chi connectivity index (χ0n) is 13.0. The van der Waals surface area contributed by atoms with Crippen LogP contribution in [0.25, 0.3) is 0 Å². The summed E-state index contributed by atoms with van der Waals surface area (Å²) in [5.74, 6) is 1.85. The second-order valence-corrected chi connectivity index (χ2v) is 5.53. The fourth-order valence-electron chi connectivity index (χ4n) is 2.61. The summed E-state index contributed by atoms with van der Waals surface area (Å²) in [4.78, 5) is 10.9. The quantitative estimate of drug-likeness (QED) is 0.917. The third kappa shape index (κ3) is 3.95. The van der Waals surface area contributed by atoms with Crippen molar-refractivity contribution < 1.29 is 4.74 Å². The molecule has 0 aliphatic carbocycles. The fourth-order valence-corrected chi connectivity index (χ4v) is 2.61. The lowest BCUT2D eigenvalue weighted by atomic mass is 10.1. The lowest BCUT2D eigenvalue weighted by molar-refractivity contribution is 0.122. The molecule has 1 aromatic carbocycles. The van der Waals surface area contributed by atoms with E-state index in [2.05, 4.69) is 51.4 Å². The topological polar surface area (TPSA) is 50.3 Å². The first-order valence-electron chi connectivity index (χ1n) is 7.75. The molecule has 0 bridgehead atoms. The summed E-state index contributed by atoms with van der Waals surface area (Å²) in [6.45, 7) is 6.29. The van der Waals surface area contributed by atoms with Crippen molar-refractivity contribution in [2.75, 3.05) is 43.1 Å². The Kier molecular flexibility index (Phi) is 4.85. The fraction of sp³-hybridized carbons (Fsp3) is 0.412. The Hall–Kier alpha value is -2.14. The lowest BCUT2D eigenvalue weighted by Gasteiger charge is -2.27. The third-order valence-corrected chi connectivity index (χ3v) is 3.79. The van der Waals surface area contributed by atoms with Gasteiger partial charge in [0, 0.05) is 25.7 Å². The minimum absolute atomic E-state index is 0.764. The van der Waals surface area contributed by atoms with Crippen LogP contribution in [0.5, 0.6) is 0 Å². The lowest BCUT2D eigenvalue weighted by Crippen LogP contribution is -2.36. The van der Waals surface area contributed by atoms with E-state index in [9.17, 15) is 0 Å². The molecule has 1 fully saturated rings. The van der Waals surface area contributed by atoms with Crippen LogP contribution in [0, 0.1) is 6.92 Å². The molecular weight excluding hydrogens is 276 g/mol. The van der Waals surface area contributed by atoms with Crippen LogP contribution in [0.15, 0.2) is 36.7 Å². The number of aryl methyl sites for hydroxylation is 1. The van der Waals surface area contributed by atoms with E-state index in [1.165, 1.54) is 11.1 Å². The van der Waals surface area contributed by atoms with Crippen molar-refractivity contribution in [3.63, 3.8) is 0 Å². The van der Waals surface area contributed by atoms with Crippen molar-refractivity contribution in [3.8, 4) is 0 Å². The number of ether oxygens (including phenoxy) is 1. The van der Waals surface area contributed by atoms with Gasteiger partial charge in [-0.3, -0.25) is 0 Å². The van der Waals surface area contributed by atoms with Gasteiger partial charge in [-0.2, -0.15) is 0 Å². The maximum absolute atomic E-state index is 5.37. The molecule has 2 heterocycles. The highest BCUT2D eigenvalue weighted by atomic mass is 16.5. The number of anilines is 2. The van der Waals surface area contributed by atoms with Gasteiger partial charge in [-0.25, -0.2) is 9.97 Å². The maximum Gasteiger partial charge on any atom is 0.134 e. The van der Waals surface area contributed by atoms with Gasteiger partial charge < -0.3 is 15.0 Å². The van der Waals surface area contributed by atoms with Gasteiger partial charge in [0.15, 0.2) is 0 Å². The smallest absolute Gasteiger partial charge is 0.134 e. The summed E-state index contributed by atoms with van der Waals surface area (Å²) >= 11 is 0. The van der Waals surface area contributed by atoms with Crippen LogP contribution < -0.4 is 10.2 Å². The monoisotopic (exact) mass is 298 g/mol. The van der Waals surface area contributed by atoms with Crippen molar-refractivity contribution >= 4 is 11.6 Å². The summed E-state index contributed by atoms with van der Waals surface area (Å²) in [6, 6.07) is 10.6. The highest BCUT2D eigenvalue weighted by Crippen LogP contribution is 2.15. The summed E-state index contributed by atoms with van der Waals surface area (Å²) in [6.07, 6.45) is 2.61. The Labute approximate surface area is 131 Å². The van der Waals surface area contributed by atoms with Crippen LogP contribution in [0.4, 0.5) is 11.6 Å². The van der Waals surface area contributed by atoms with Crippen molar-refractivity contribution in [1.82, 2.24) is 9.97 Å². The van der Waals surface area contributed by atoms with E-state index in [1.54, 1.807) is 6.33 Å². The molecule has 3 rings (SSSR count). The molecule has 1 N–H and O–H groups in total. The first-order valence-corrected chi connectivity index (χ1v) is 7.75.